The summed E-state index contributed by atoms with van der Waals surface area (Å²) in [6.45, 7) is 3.96. The van der Waals surface area contributed by atoms with Crippen molar-refractivity contribution in [3.63, 3.8) is 0 Å². The molecule has 13 heavy (non-hydrogen) atoms. The lowest BCUT2D eigenvalue weighted by Gasteiger charge is -2.00. The molecule has 0 fully saturated rings. The van der Waals surface area contributed by atoms with Gasteiger partial charge in [-0.15, -0.1) is 0 Å². The molecule has 0 spiro atoms. The summed E-state index contributed by atoms with van der Waals surface area (Å²) in [7, 11) is 0. The Morgan fingerprint density at radius 1 is 1.38 bits per heavy atom. The fourth-order valence-corrected chi connectivity index (χ4v) is 1.15. The molecule has 0 saturated heterocycles. The number of hydrogen-bond acceptors (Lipinski definition) is 4. The summed E-state index contributed by atoms with van der Waals surface area (Å²) in [5.41, 5.74) is 0. The molecule has 4 nitrogen and oxygen atoms in total. The molecule has 0 unspecified atom stereocenters. The molecule has 1 aromatic rings. The van der Waals surface area contributed by atoms with Gasteiger partial charge in [-0.25, -0.2) is 0 Å². The Labute approximate surface area is 78.7 Å². The molecule has 0 radical (unpaired) electrons. The van der Waals surface area contributed by atoms with Crippen LogP contribution in [0.3, 0.4) is 0 Å². The molecule has 0 atom stereocenters. The van der Waals surface area contributed by atoms with Gasteiger partial charge in [-0.1, -0.05) is 31.3 Å². The summed E-state index contributed by atoms with van der Waals surface area (Å²) in [6.07, 6.45) is 6.49. The molecule has 74 valence electrons. The fourth-order valence-electron chi connectivity index (χ4n) is 1.15. The third-order valence-electron chi connectivity index (χ3n) is 1.90. The third-order valence-corrected chi connectivity index (χ3v) is 1.90. The van der Waals surface area contributed by atoms with Gasteiger partial charge in [0.1, 0.15) is 0 Å². The smallest absolute Gasteiger partial charge is 0.213 e. The summed E-state index contributed by atoms with van der Waals surface area (Å²) >= 11 is 0. The molecule has 0 aromatic carbocycles. The lowest BCUT2D eigenvalue weighted by atomic mass is 10.2. The van der Waals surface area contributed by atoms with Crippen LogP contribution in [0.2, 0.25) is 0 Å². The van der Waals surface area contributed by atoms with Crippen molar-refractivity contribution in [1.82, 2.24) is 15.5 Å². The molecule has 4 heteroatoms. The summed E-state index contributed by atoms with van der Waals surface area (Å²) < 4.78 is 4.61. The minimum atomic E-state index is 0.711. The molecule has 0 aliphatic heterocycles. The van der Waals surface area contributed by atoms with Crippen molar-refractivity contribution in [3.8, 4) is 0 Å². The van der Waals surface area contributed by atoms with Crippen LogP contribution in [0.5, 0.6) is 0 Å². The zero-order valence-electron chi connectivity index (χ0n) is 8.12. The molecule has 1 rings (SSSR count). The van der Waals surface area contributed by atoms with Crippen molar-refractivity contribution in [2.75, 3.05) is 6.54 Å². The van der Waals surface area contributed by atoms with E-state index in [1.807, 2.05) is 0 Å². The van der Waals surface area contributed by atoms with Crippen LogP contribution in [0, 0.1) is 0 Å². The molecule has 1 aromatic heterocycles. The van der Waals surface area contributed by atoms with E-state index < -0.39 is 0 Å². The van der Waals surface area contributed by atoms with Gasteiger partial charge in [-0.3, -0.25) is 0 Å². The molecular formula is C9H17N3O. The standard InChI is InChI=1S/C9H17N3O/c1-2-3-4-5-6-10-7-9-11-8-13-12-9/h8,10H,2-7H2,1H3. The minimum absolute atomic E-state index is 0.711. The Hall–Kier alpha value is -0.900. The molecule has 0 bridgehead atoms. The van der Waals surface area contributed by atoms with Gasteiger partial charge in [0.15, 0.2) is 5.82 Å². The summed E-state index contributed by atoms with van der Waals surface area (Å²) in [6, 6.07) is 0. The number of nitrogens with zero attached hydrogens (tertiary/aromatic N) is 2. The van der Waals surface area contributed by atoms with E-state index in [1.54, 1.807) is 0 Å². The fraction of sp³-hybridized carbons (Fsp3) is 0.778. The highest BCUT2D eigenvalue weighted by atomic mass is 16.5. The van der Waals surface area contributed by atoms with E-state index in [4.69, 9.17) is 0 Å². The largest absolute Gasteiger partial charge is 0.343 e. The topological polar surface area (TPSA) is 51.0 Å². The number of nitrogens with one attached hydrogen (secondary N) is 1. The van der Waals surface area contributed by atoms with E-state index in [9.17, 15) is 0 Å². The summed E-state index contributed by atoms with van der Waals surface area (Å²) in [5, 5.41) is 6.96. The normalized spacial score (nSPS) is 10.5. The van der Waals surface area contributed by atoms with Crippen LogP contribution >= 0.6 is 0 Å². The lowest BCUT2D eigenvalue weighted by Crippen LogP contribution is -2.15. The Balaban J connectivity index is 1.90. The number of hydrogen-bond donors (Lipinski definition) is 1. The first-order valence-electron chi connectivity index (χ1n) is 4.89. The van der Waals surface area contributed by atoms with Crippen LogP contribution in [-0.2, 0) is 6.54 Å². The third kappa shape index (κ3) is 4.62. The SMILES string of the molecule is CCCCCCNCc1ncon1. The predicted octanol–water partition coefficient (Wildman–Crippen LogP) is 1.74. The molecule has 1 heterocycles. The Morgan fingerprint density at radius 2 is 2.31 bits per heavy atom. The van der Waals surface area contributed by atoms with Crippen molar-refractivity contribution < 1.29 is 4.52 Å². The number of aromatic nitrogens is 2. The van der Waals surface area contributed by atoms with Crippen LogP contribution in [0.25, 0.3) is 0 Å². The van der Waals surface area contributed by atoms with E-state index in [2.05, 4.69) is 26.9 Å². The van der Waals surface area contributed by atoms with E-state index in [1.165, 1.54) is 32.1 Å². The van der Waals surface area contributed by atoms with E-state index in [-0.39, 0.29) is 0 Å². The van der Waals surface area contributed by atoms with Crippen molar-refractivity contribution in [1.29, 1.82) is 0 Å². The number of unbranched alkanes of at least 4 members (excludes halogenated alkanes) is 3. The minimum Gasteiger partial charge on any atom is -0.343 e. The van der Waals surface area contributed by atoms with Crippen molar-refractivity contribution in [2.24, 2.45) is 0 Å². The maximum absolute atomic E-state index is 4.61. The maximum Gasteiger partial charge on any atom is 0.213 e. The van der Waals surface area contributed by atoms with Gasteiger partial charge in [0, 0.05) is 0 Å². The van der Waals surface area contributed by atoms with Gasteiger partial charge in [0.25, 0.3) is 0 Å². The average Bonchev–Trinajstić information content (AvgIpc) is 2.63. The van der Waals surface area contributed by atoms with Crippen LogP contribution in [0.4, 0.5) is 0 Å². The van der Waals surface area contributed by atoms with Crippen molar-refractivity contribution in [3.05, 3.63) is 12.2 Å². The number of rotatable bonds is 7. The van der Waals surface area contributed by atoms with Gasteiger partial charge in [-0.05, 0) is 13.0 Å². The first-order valence-corrected chi connectivity index (χ1v) is 4.89. The van der Waals surface area contributed by atoms with Crippen molar-refractivity contribution >= 4 is 0 Å². The highest BCUT2D eigenvalue weighted by molar-refractivity contribution is 4.75. The van der Waals surface area contributed by atoms with Gasteiger partial charge in [0.2, 0.25) is 6.39 Å². The second-order valence-electron chi connectivity index (χ2n) is 3.08. The zero-order valence-corrected chi connectivity index (χ0v) is 8.12. The average molecular weight is 183 g/mol. The maximum atomic E-state index is 4.61. The lowest BCUT2D eigenvalue weighted by molar-refractivity contribution is 0.407. The zero-order chi connectivity index (χ0) is 9.36. The molecule has 0 saturated carbocycles. The van der Waals surface area contributed by atoms with Crippen molar-refractivity contribution in [2.45, 2.75) is 39.2 Å². The molecule has 0 aliphatic carbocycles. The first-order chi connectivity index (χ1) is 6.43. The van der Waals surface area contributed by atoms with Gasteiger partial charge in [0.05, 0.1) is 6.54 Å². The Morgan fingerprint density at radius 3 is 3.00 bits per heavy atom. The second-order valence-corrected chi connectivity index (χ2v) is 3.08. The van der Waals surface area contributed by atoms with Crippen LogP contribution in [0.15, 0.2) is 10.9 Å². The second kappa shape index (κ2) is 6.60. The van der Waals surface area contributed by atoms with Crippen LogP contribution in [0.1, 0.15) is 38.4 Å². The van der Waals surface area contributed by atoms with Gasteiger partial charge in [-0.2, -0.15) is 4.98 Å². The Kier molecular flexibility index (Phi) is 5.17. The molecule has 0 aliphatic rings. The first kappa shape index (κ1) is 10.2. The van der Waals surface area contributed by atoms with E-state index in [0.717, 1.165) is 12.4 Å². The highest BCUT2D eigenvalue weighted by Crippen LogP contribution is 1.97. The molecule has 0 amide bonds. The van der Waals surface area contributed by atoms with E-state index >= 15 is 0 Å². The predicted molar refractivity (Wildman–Crippen MR) is 50.1 cm³/mol. The van der Waals surface area contributed by atoms with Gasteiger partial charge < -0.3 is 9.84 Å². The Bertz CT molecular complexity index is 199. The quantitative estimate of drug-likeness (QED) is 0.654. The van der Waals surface area contributed by atoms with E-state index in [0.29, 0.717) is 6.54 Å². The highest BCUT2D eigenvalue weighted by Gasteiger charge is 1.95. The molecular weight excluding hydrogens is 166 g/mol. The van der Waals surface area contributed by atoms with Crippen LogP contribution in [-0.4, -0.2) is 16.7 Å². The molecule has 1 N–H and O–H groups in total. The monoisotopic (exact) mass is 183 g/mol. The van der Waals surface area contributed by atoms with Crippen LogP contribution < -0.4 is 5.32 Å². The summed E-state index contributed by atoms with van der Waals surface area (Å²) in [4.78, 5) is 3.91. The van der Waals surface area contributed by atoms with Gasteiger partial charge >= 0.3 is 0 Å². The summed E-state index contributed by atoms with van der Waals surface area (Å²) in [5.74, 6) is 0.732.